The summed E-state index contributed by atoms with van der Waals surface area (Å²) in [6.45, 7) is 4.96. The van der Waals surface area contributed by atoms with Crippen LogP contribution in [0, 0.1) is 0 Å². The standard InChI is InChI=1S/C59H117NO5/c1-3-5-7-9-11-13-15-16-17-18-19-23-26-29-33-37-41-45-49-53-59(64)65-54-50-46-42-38-34-30-27-24-21-20-22-25-28-32-36-40-44-48-52-58(63)60-56(55-61)57(62)51-47-43-39-35-31-14-12-10-8-6-4-2/h56-57,61-62H,3-55H2,1-2H3,(H,60,63). The van der Waals surface area contributed by atoms with Gasteiger partial charge >= 0.3 is 5.97 Å². The highest BCUT2D eigenvalue weighted by atomic mass is 16.5. The van der Waals surface area contributed by atoms with Crippen molar-refractivity contribution in [2.75, 3.05) is 13.2 Å². The molecule has 0 saturated heterocycles. The Balaban J connectivity index is 3.34. The number of carbonyl (C=O) groups excluding carboxylic acids is 2. The van der Waals surface area contributed by atoms with Crippen LogP contribution in [-0.2, 0) is 14.3 Å². The van der Waals surface area contributed by atoms with Gasteiger partial charge in [0.05, 0.1) is 25.4 Å². The number of amides is 1. The first kappa shape index (κ1) is 63.9. The van der Waals surface area contributed by atoms with Gasteiger partial charge in [0.1, 0.15) is 0 Å². The van der Waals surface area contributed by atoms with Crippen molar-refractivity contribution >= 4 is 11.9 Å². The highest BCUT2D eigenvalue weighted by molar-refractivity contribution is 5.76. The van der Waals surface area contributed by atoms with E-state index in [9.17, 15) is 19.8 Å². The number of carbonyl (C=O) groups is 2. The summed E-state index contributed by atoms with van der Waals surface area (Å²) in [5, 5.41) is 23.2. The number of esters is 1. The molecule has 1 amide bonds. The molecule has 0 aliphatic carbocycles. The number of hydrogen-bond donors (Lipinski definition) is 3. The Morgan fingerprint density at radius 1 is 0.369 bits per heavy atom. The molecule has 0 aromatic rings. The van der Waals surface area contributed by atoms with Crippen molar-refractivity contribution in [3.05, 3.63) is 0 Å². The fraction of sp³-hybridized carbons (Fsp3) is 0.966. The lowest BCUT2D eigenvalue weighted by Gasteiger charge is -2.22. The zero-order valence-corrected chi connectivity index (χ0v) is 44.3. The van der Waals surface area contributed by atoms with Crippen LogP contribution >= 0.6 is 0 Å². The van der Waals surface area contributed by atoms with Crippen LogP contribution in [0.3, 0.4) is 0 Å². The average Bonchev–Trinajstić information content (AvgIpc) is 3.31. The van der Waals surface area contributed by atoms with Gasteiger partial charge in [0, 0.05) is 12.8 Å². The SMILES string of the molecule is CCCCCCCCCCCCCCCCCCCCCC(=O)OCCCCCCCCCCCCCCCCCCCCC(=O)NC(CO)C(O)CCCCCCCCCCCCC. The van der Waals surface area contributed by atoms with Crippen LogP contribution in [0.25, 0.3) is 0 Å². The average molecular weight is 921 g/mol. The first-order valence-electron chi connectivity index (χ1n) is 29.8. The molecule has 0 saturated carbocycles. The third-order valence-electron chi connectivity index (χ3n) is 14.2. The summed E-state index contributed by atoms with van der Waals surface area (Å²) in [7, 11) is 0. The fourth-order valence-electron chi connectivity index (χ4n) is 9.58. The molecule has 0 aliphatic rings. The van der Waals surface area contributed by atoms with Crippen molar-refractivity contribution in [1.82, 2.24) is 5.32 Å². The number of hydrogen-bond acceptors (Lipinski definition) is 5. The van der Waals surface area contributed by atoms with Crippen molar-refractivity contribution in [1.29, 1.82) is 0 Å². The summed E-state index contributed by atoms with van der Waals surface area (Å²) in [6, 6.07) is -0.542. The summed E-state index contributed by atoms with van der Waals surface area (Å²) in [6.07, 6.45) is 63.9. The molecule has 0 aromatic heterocycles. The summed E-state index contributed by atoms with van der Waals surface area (Å²) >= 11 is 0. The molecule has 388 valence electrons. The molecule has 0 bridgehead atoms. The van der Waals surface area contributed by atoms with Gasteiger partial charge in [-0.25, -0.2) is 0 Å². The number of nitrogens with one attached hydrogen (secondary N) is 1. The smallest absolute Gasteiger partial charge is 0.305 e. The van der Waals surface area contributed by atoms with Crippen LogP contribution in [0.15, 0.2) is 0 Å². The van der Waals surface area contributed by atoms with E-state index in [1.165, 1.54) is 270 Å². The molecule has 6 heteroatoms. The number of aliphatic hydroxyl groups is 2. The second-order valence-electron chi connectivity index (χ2n) is 20.7. The predicted molar refractivity (Wildman–Crippen MR) is 283 cm³/mol. The summed E-state index contributed by atoms with van der Waals surface area (Å²) in [5.41, 5.74) is 0. The summed E-state index contributed by atoms with van der Waals surface area (Å²) < 4.78 is 5.50. The van der Waals surface area contributed by atoms with Crippen LogP contribution < -0.4 is 5.32 Å². The lowest BCUT2D eigenvalue weighted by atomic mass is 10.0. The van der Waals surface area contributed by atoms with Gasteiger partial charge < -0.3 is 20.3 Å². The molecule has 2 atom stereocenters. The summed E-state index contributed by atoms with van der Waals surface area (Å²) in [5.74, 6) is -0.0251. The molecule has 0 rings (SSSR count). The molecule has 0 fully saturated rings. The van der Waals surface area contributed by atoms with Gasteiger partial charge in [0.15, 0.2) is 0 Å². The largest absolute Gasteiger partial charge is 0.466 e. The maximum atomic E-state index is 12.4. The topological polar surface area (TPSA) is 95.9 Å². The van der Waals surface area contributed by atoms with Gasteiger partial charge in [-0.2, -0.15) is 0 Å². The van der Waals surface area contributed by atoms with Crippen LogP contribution in [0.5, 0.6) is 0 Å². The Morgan fingerprint density at radius 2 is 0.631 bits per heavy atom. The van der Waals surface area contributed by atoms with E-state index >= 15 is 0 Å². The molecular weight excluding hydrogens is 803 g/mol. The van der Waals surface area contributed by atoms with Gasteiger partial charge in [-0.05, 0) is 25.7 Å². The van der Waals surface area contributed by atoms with E-state index in [1.807, 2.05) is 0 Å². The number of unbranched alkanes of at least 4 members (excludes halogenated alkanes) is 45. The van der Waals surface area contributed by atoms with Gasteiger partial charge in [-0.3, -0.25) is 9.59 Å². The minimum Gasteiger partial charge on any atom is -0.466 e. The Bertz CT molecular complexity index is 928. The van der Waals surface area contributed by atoms with Gasteiger partial charge in [0.2, 0.25) is 5.91 Å². The van der Waals surface area contributed by atoms with E-state index in [4.69, 9.17) is 4.74 Å². The monoisotopic (exact) mass is 920 g/mol. The lowest BCUT2D eigenvalue weighted by molar-refractivity contribution is -0.143. The van der Waals surface area contributed by atoms with Crippen LogP contribution in [0.2, 0.25) is 0 Å². The fourth-order valence-corrected chi connectivity index (χ4v) is 9.58. The van der Waals surface area contributed by atoms with Gasteiger partial charge in [0.25, 0.3) is 0 Å². The van der Waals surface area contributed by atoms with E-state index in [2.05, 4.69) is 19.2 Å². The van der Waals surface area contributed by atoms with Crippen molar-refractivity contribution in [2.24, 2.45) is 0 Å². The Kier molecular flexibility index (Phi) is 54.5. The zero-order chi connectivity index (χ0) is 47.2. The molecule has 0 aromatic carbocycles. The number of aliphatic hydroxyl groups excluding tert-OH is 2. The Hall–Kier alpha value is -1.14. The lowest BCUT2D eigenvalue weighted by Crippen LogP contribution is -2.45. The van der Waals surface area contributed by atoms with E-state index in [0.717, 1.165) is 38.5 Å². The van der Waals surface area contributed by atoms with Crippen molar-refractivity contribution in [3.63, 3.8) is 0 Å². The maximum Gasteiger partial charge on any atom is 0.305 e. The first-order valence-corrected chi connectivity index (χ1v) is 29.8. The van der Waals surface area contributed by atoms with E-state index in [1.54, 1.807) is 0 Å². The maximum absolute atomic E-state index is 12.4. The predicted octanol–water partition coefficient (Wildman–Crippen LogP) is 18.3. The highest BCUT2D eigenvalue weighted by Crippen LogP contribution is 2.18. The second-order valence-corrected chi connectivity index (χ2v) is 20.7. The Labute approximate surface area is 406 Å². The van der Waals surface area contributed by atoms with Crippen molar-refractivity contribution in [2.45, 2.75) is 353 Å². The van der Waals surface area contributed by atoms with Crippen molar-refractivity contribution in [3.8, 4) is 0 Å². The molecule has 0 heterocycles. The zero-order valence-electron chi connectivity index (χ0n) is 44.3. The van der Waals surface area contributed by atoms with Crippen LogP contribution in [0.1, 0.15) is 341 Å². The third kappa shape index (κ3) is 52.1. The quantitative estimate of drug-likeness (QED) is 0.0417. The normalized spacial score (nSPS) is 12.5. The minimum atomic E-state index is -0.664. The first-order chi connectivity index (χ1) is 32.0. The van der Waals surface area contributed by atoms with Gasteiger partial charge in [-0.15, -0.1) is 0 Å². The van der Waals surface area contributed by atoms with Crippen LogP contribution in [0.4, 0.5) is 0 Å². The number of ether oxygens (including phenoxy) is 1. The van der Waals surface area contributed by atoms with Crippen LogP contribution in [-0.4, -0.2) is 47.4 Å². The molecular formula is C59H117NO5. The second kappa shape index (κ2) is 55.5. The molecule has 0 radical (unpaired) electrons. The van der Waals surface area contributed by atoms with Gasteiger partial charge in [-0.1, -0.05) is 303 Å². The van der Waals surface area contributed by atoms with E-state index < -0.39 is 12.1 Å². The van der Waals surface area contributed by atoms with E-state index in [-0.39, 0.29) is 18.5 Å². The van der Waals surface area contributed by atoms with Crippen molar-refractivity contribution < 1.29 is 24.5 Å². The minimum absolute atomic E-state index is 0.0129. The third-order valence-corrected chi connectivity index (χ3v) is 14.2. The molecule has 0 spiro atoms. The molecule has 65 heavy (non-hydrogen) atoms. The molecule has 6 nitrogen and oxygen atoms in total. The summed E-state index contributed by atoms with van der Waals surface area (Å²) in [4.78, 5) is 24.5. The number of rotatable bonds is 56. The Morgan fingerprint density at radius 3 is 0.938 bits per heavy atom. The molecule has 3 N–H and O–H groups in total. The molecule has 0 aliphatic heterocycles. The van der Waals surface area contributed by atoms with E-state index in [0.29, 0.717) is 25.9 Å². The molecule has 2 unspecified atom stereocenters. The highest BCUT2D eigenvalue weighted by Gasteiger charge is 2.20.